The van der Waals surface area contributed by atoms with Gasteiger partial charge in [0.05, 0.1) is 11.7 Å². The van der Waals surface area contributed by atoms with Crippen LogP contribution in [-0.2, 0) is 11.0 Å². The Balaban J connectivity index is 1.97. The van der Waals surface area contributed by atoms with E-state index in [1.54, 1.807) is 0 Å². The van der Waals surface area contributed by atoms with Gasteiger partial charge in [0, 0.05) is 12.0 Å². The number of benzene rings is 1. The number of amides is 1. The van der Waals surface area contributed by atoms with E-state index >= 15 is 0 Å². The molecule has 1 amide bonds. The number of piperidine rings is 1. The highest BCUT2D eigenvalue weighted by atomic mass is 19.4. The standard InChI is InChI=1S/C18H25F3N2O2/c1-17(2,14-7-4-8-22-10-14)16(25)23-11-15(24)12-5-3-6-13(9-12)18(19,20)21/h3,5-6,9,14-15,22,24H,4,7-8,10-11H2,1-2H3,(H,23,25)/t14-,15-/m0/s1. The van der Waals surface area contributed by atoms with Crippen molar-refractivity contribution >= 4 is 5.91 Å². The van der Waals surface area contributed by atoms with Crippen molar-refractivity contribution in [1.29, 1.82) is 0 Å². The van der Waals surface area contributed by atoms with Crippen LogP contribution in [0.15, 0.2) is 24.3 Å². The summed E-state index contributed by atoms with van der Waals surface area (Å²) in [5.41, 5.74) is -1.29. The zero-order valence-corrected chi connectivity index (χ0v) is 14.5. The lowest BCUT2D eigenvalue weighted by molar-refractivity contribution is -0.137. The molecule has 140 valence electrons. The average molecular weight is 358 g/mol. The van der Waals surface area contributed by atoms with Gasteiger partial charge in [0.15, 0.2) is 0 Å². The summed E-state index contributed by atoms with van der Waals surface area (Å²) in [6.07, 6.45) is -3.70. The topological polar surface area (TPSA) is 61.4 Å². The third-order valence-corrected chi connectivity index (χ3v) is 4.96. The van der Waals surface area contributed by atoms with E-state index in [0.717, 1.165) is 38.1 Å². The first-order valence-corrected chi connectivity index (χ1v) is 8.46. The summed E-state index contributed by atoms with van der Waals surface area (Å²) in [7, 11) is 0. The highest BCUT2D eigenvalue weighted by molar-refractivity contribution is 5.82. The third kappa shape index (κ3) is 4.95. The molecule has 0 saturated carbocycles. The first-order valence-electron chi connectivity index (χ1n) is 8.46. The largest absolute Gasteiger partial charge is 0.416 e. The molecule has 4 nitrogen and oxygen atoms in total. The van der Waals surface area contributed by atoms with Crippen LogP contribution < -0.4 is 10.6 Å². The van der Waals surface area contributed by atoms with Gasteiger partial charge < -0.3 is 15.7 Å². The van der Waals surface area contributed by atoms with Crippen molar-refractivity contribution in [1.82, 2.24) is 10.6 Å². The molecular weight excluding hydrogens is 333 g/mol. The number of alkyl halides is 3. The Morgan fingerprint density at radius 3 is 2.72 bits per heavy atom. The minimum Gasteiger partial charge on any atom is -0.387 e. The molecule has 3 N–H and O–H groups in total. The predicted octanol–water partition coefficient (Wildman–Crippen LogP) is 2.88. The molecule has 0 unspecified atom stereocenters. The van der Waals surface area contributed by atoms with Crippen molar-refractivity contribution in [2.24, 2.45) is 11.3 Å². The summed E-state index contributed by atoms with van der Waals surface area (Å²) in [6, 6.07) is 4.53. The lowest BCUT2D eigenvalue weighted by Crippen LogP contribution is -2.48. The number of hydrogen-bond donors (Lipinski definition) is 3. The van der Waals surface area contributed by atoms with Gasteiger partial charge in [-0.05, 0) is 49.5 Å². The Bertz CT molecular complexity index is 596. The van der Waals surface area contributed by atoms with Crippen LogP contribution in [0.3, 0.4) is 0 Å². The summed E-state index contributed by atoms with van der Waals surface area (Å²) >= 11 is 0. The quantitative estimate of drug-likeness (QED) is 0.759. The molecule has 25 heavy (non-hydrogen) atoms. The average Bonchev–Trinajstić information content (AvgIpc) is 2.59. The van der Waals surface area contributed by atoms with Gasteiger partial charge in [-0.15, -0.1) is 0 Å². The van der Waals surface area contributed by atoms with Crippen LogP contribution >= 0.6 is 0 Å². The summed E-state index contributed by atoms with van der Waals surface area (Å²) in [4.78, 5) is 12.5. The summed E-state index contributed by atoms with van der Waals surface area (Å²) < 4.78 is 38.3. The van der Waals surface area contributed by atoms with Crippen molar-refractivity contribution in [3.05, 3.63) is 35.4 Å². The highest BCUT2D eigenvalue weighted by Gasteiger charge is 2.37. The third-order valence-electron chi connectivity index (χ3n) is 4.96. The zero-order valence-electron chi connectivity index (χ0n) is 14.5. The molecule has 1 fully saturated rings. The number of carbonyl (C=O) groups is 1. The van der Waals surface area contributed by atoms with Gasteiger partial charge in [-0.3, -0.25) is 4.79 Å². The summed E-state index contributed by atoms with van der Waals surface area (Å²) in [6.45, 7) is 5.30. The Kier molecular flexibility index (Phi) is 6.11. The molecule has 1 heterocycles. The molecule has 1 aromatic carbocycles. The number of rotatable bonds is 5. The zero-order chi connectivity index (χ0) is 18.7. The van der Waals surface area contributed by atoms with Gasteiger partial charge in [-0.2, -0.15) is 13.2 Å². The van der Waals surface area contributed by atoms with Crippen molar-refractivity contribution in [3.8, 4) is 0 Å². The molecule has 1 aliphatic heterocycles. The van der Waals surface area contributed by atoms with E-state index in [2.05, 4.69) is 10.6 Å². The first kappa shape index (κ1) is 19.7. The second kappa shape index (κ2) is 7.74. The van der Waals surface area contributed by atoms with Gasteiger partial charge in [0.25, 0.3) is 0 Å². The fraction of sp³-hybridized carbons (Fsp3) is 0.611. The summed E-state index contributed by atoms with van der Waals surface area (Å²) in [5.74, 6) is -0.0147. The monoisotopic (exact) mass is 358 g/mol. The minimum absolute atomic E-state index is 0.121. The van der Waals surface area contributed by atoms with Gasteiger partial charge in [-0.25, -0.2) is 0 Å². The van der Waals surface area contributed by atoms with Crippen LogP contribution in [0.4, 0.5) is 13.2 Å². The number of carbonyl (C=O) groups excluding carboxylic acids is 1. The molecule has 2 atom stereocenters. The molecule has 1 aromatic rings. The maximum atomic E-state index is 12.8. The van der Waals surface area contributed by atoms with E-state index in [-0.39, 0.29) is 23.9 Å². The fourth-order valence-electron chi connectivity index (χ4n) is 3.11. The molecule has 0 aliphatic carbocycles. The Hall–Kier alpha value is -1.60. The van der Waals surface area contributed by atoms with Crippen molar-refractivity contribution < 1.29 is 23.1 Å². The van der Waals surface area contributed by atoms with Gasteiger partial charge in [-0.1, -0.05) is 26.0 Å². The molecule has 0 spiro atoms. The minimum atomic E-state index is -4.46. The number of hydrogen-bond acceptors (Lipinski definition) is 3. The Morgan fingerprint density at radius 1 is 1.40 bits per heavy atom. The number of nitrogens with one attached hydrogen (secondary N) is 2. The molecule has 7 heteroatoms. The molecule has 2 rings (SSSR count). The molecule has 1 saturated heterocycles. The van der Waals surface area contributed by atoms with Crippen molar-refractivity contribution in [2.75, 3.05) is 19.6 Å². The van der Waals surface area contributed by atoms with Crippen LogP contribution in [0.5, 0.6) is 0 Å². The normalized spacial score (nSPS) is 20.2. The molecule has 0 bridgehead atoms. The second-order valence-corrected chi connectivity index (χ2v) is 7.11. The summed E-state index contributed by atoms with van der Waals surface area (Å²) in [5, 5.41) is 16.1. The van der Waals surface area contributed by atoms with Gasteiger partial charge in [0.1, 0.15) is 0 Å². The molecule has 0 radical (unpaired) electrons. The lowest BCUT2D eigenvalue weighted by atomic mass is 9.74. The predicted molar refractivity (Wildman–Crippen MR) is 88.8 cm³/mol. The first-order chi connectivity index (χ1) is 11.6. The van der Waals surface area contributed by atoms with Crippen LogP contribution in [0.25, 0.3) is 0 Å². The van der Waals surface area contributed by atoms with Crippen molar-refractivity contribution in [2.45, 2.75) is 39.0 Å². The van der Waals surface area contributed by atoms with E-state index in [1.807, 2.05) is 13.8 Å². The van der Waals surface area contributed by atoms with Crippen LogP contribution in [0.2, 0.25) is 0 Å². The van der Waals surface area contributed by atoms with E-state index in [9.17, 15) is 23.1 Å². The second-order valence-electron chi connectivity index (χ2n) is 7.11. The van der Waals surface area contributed by atoms with E-state index in [1.165, 1.54) is 12.1 Å². The molecule has 0 aromatic heterocycles. The maximum absolute atomic E-state index is 12.8. The van der Waals surface area contributed by atoms with E-state index < -0.39 is 23.3 Å². The van der Waals surface area contributed by atoms with Crippen molar-refractivity contribution in [3.63, 3.8) is 0 Å². The SMILES string of the molecule is CC(C)(C(=O)NC[C@H](O)c1cccc(C(F)(F)F)c1)[C@H]1CCCNC1. The van der Waals surface area contributed by atoms with Crippen LogP contribution in [0, 0.1) is 11.3 Å². The van der Waals surface area contributed by atoms with E-state index in [4.69, 9.17) is 0 Å². The maximum Gasteiger partial charge on any atom is 0.416 e. The molecular formula is C18H25F3N2O2. The highest BCUT2D eigenvalue weighted by Crippen LogP contribution is 2.33. The Morgan fingerprint density at radius 2 is 2.12 bits per heavy atom. The van der Waals surface area contributed by atoms with Gasteiger partial charge >= 0.3 is 6.18 Å². The van der Waals surface area contributed by atoms with E-state index in [0.29, 0.717) is 0 Å². The number of halogens is 3. The fourth-order valence-corrected chi connectivity index (χ4v) is 3.11. The van der Waals surface area contributed by atoms with Crippen LogP contribution in [-0.4, -0.2) is 30.6 Å². The smallest absolute Gasteiger partial charge is 0.387 e. The van der Waals surface area contributed by atoms with Crippen LogP contribution in [0.1, 0.15) is 43.9 Å². The molecule has 1 aliphatic rings. The number of aliphatic hydroxyl groups is 1. The lowest BCUT2D eigenvalue weighted by Gasteiger charge is -2.36. The van der Waals surface area contributed by atoms with Gasteiger partial charge in [0.2, 0.25) is 5.91 Å². The Labute approximate surface area is 145 Å². The number of aliphatic hydroxyl groups excluding tert-OH is 1.